The number of halogens is 2. The van der Waals surface area contributed by atoms with Crippen molar-refractivity contribution in [2.75, 3.05) is 18.8 Å². The fraction of sp³-hybridized carbons (Fsp3) is 0.250. The lowest BCUT2D eigenvalue weighted by Crippen LogP contribution is -2.31. The molecule has 3 rings (SSSR count). The number of carbonyl (C=O) groups excluding carboxylic acids is 1. The van der Waals surface area contributed by atoms with Gasteiger partial charge in [-0.1, -0.05) is 23.9 Å². The lowest BCUT2D eigenvalue weighted by atomic mass is 10.2. The van der Waals surface area contributed by atoms with Crippen LogP contribution >= 0.6 is 11.8 Å². The normalized spacial score (nSPS) is 10.9. The number of thioether (sulfide) groups is 1. The Labute approximate surface area is 166 Å². The van der Waals surface area contributed by atoms with Gasteiger partial charge in [0.05, 0.1) is 11.3 Å². The van der Waals surface area contributed by atoms with Crippen LogP contribution in [0.2, 0.25) is 0 Å². The van der Waals surface area contributed by atoms with Crippen molar-refractivity contribution in [2.45, 2.75) is 19.0 Å². The third-order valence-corrected chi connectivity index (χ3v) is 5.19. The van der Waals surface area contributed by atoms with Crippen LogP contribution in [-0.4, -0.2) is 44.4 Å². The molecule has 1 amide bonds. The van der Waals surface area contributed by atoms with Gasteiger partial charge in [-0.2, -0.15) is 0 Å². The molecule has 0 aliphatic carbocycles. The van der Waals surface area contributed by atoms with E-state index in [1.54, 1.807) is 39.8 Å². The maximum Gasteiger partial charge on any atom is 0.233 e. The molecule has 0 unspecified atom stereocenters. The molecule has 0 bridgehead atoms. The van der Waals surface area contributed by atoms with Crippen molar-refractivity contribution >= 4 is 17.7 Å². The van der Waals surface area contributed by atoms with Crippen molar-refractivity contribution in [1.82, 2.24) is 19.7 Å². The molecule has 0 fully saturated rings. The standard InChI is InChI=1S/C20H20F2N4OS/c1-3-25(4-2)18(27)13-28-20-24-23-19(16-7-5-6-8-17(16)22)26(20)15-11-9-14(21)10-12-15/h5-12H,3-4,13H2,1-2H3. The summed E-state index contributed by atoms with van der Waals surface area (Å²) in [6, 6.07) is 12.0. The Morgan fingerprint density at radius 3 is 2.36 bits per heavy atom. The van der Waals surface area contributed by atoms with Gasteiger partial charge < -0.3 is 4.90 Å². The summed E-state index contributed by atoms with van der Waals surface area (Å²) in [4.78, 5) is 14.1. The number of hydrogen-bond acceptors (Lipinski definition) is 4. The van der Waals surface area contributed by atoms with Crippen molar-refractivity contribution in [1.29, 1.82) is 0 Å². The predicted octanol–water partition coefficient (Wildman–Crippen LogP) is 4.17. The van der Waals surface area contributed by atoms with E-state index >= 15 is 0 Å². The van der Waals surface area contributed by atoms with Crippen molar-refractivity contribution in [3.05, 3.63) is 60.2 Å². The van der Waals surface area contributed by atoms with Crippen LogP contribution in [0.25, 0.3) is 17.1 Å². The maximum absolute atomic E-state index is 14.3. The zero-order valence-corrected chi connectivity index (χ0v) is 16.4. The van der Waals surface area contributed by atoms with E-state index in [0.717, 1.165) is 0 Å². The summed E-state index contributed by atoms with van der Waals surface area (Å²) in [5, 5.41) is 8.74. The third-order valence-electron chi connectivity index (χ3n) is 4.27. The van der Waals surface area contributed by atoms with Crippen LogP contribution in [0.15, 0.2) is 53.7 Å². The second-order valence-electron chi connectivity index (χ2n) is 5.95. The molecule has 0 atom stereocenters. The summed E-state index contributed by atoms with van der Waals surface area (Å²) < 4.78 is 29.4. The molecule has 2 aromatic carbocycles. The van der Waals surface area contributed by atoms with Crippen LogP contribution in [-0.2, 0) is 4.79 Å². The molecule has 1 aromatic heterocycles. The minimum absolute atomic E-state index is 0.0175. The molecule has 0 radical (unpaired) electrons. The average Bonchev–Trinajstić information content (AvgIpc) is 3.12. The third kappa shape index (κ3) is 4.22. The fourth-order valence-electron chi connectivity index (χ4n) is 2.80. The van der Waals surface area contributed by atoms with Crippen LogP contribution in [0.5, 0.6) is 0 Å². The van der Waals surface area contributed by atoms with E-state index in [4.69, 9.17) is 0 Å². The summed E-state index contributed by atoms with van der Waals surface area (Å²) in [5.74, 6) is -0.360. The second-order valence-corrected chi connectivity index (χ2v) is 6.90. The Morgan fingerprint density at radius 2 is 1.71 bits per heavy atom. The van der Waals surface area contributed by atoms with Crippen molar-refractivity contribution in [2.24, 2.45) is 0 Å². The first kappa shape index (κ1) is 20.0. The van der Waals surface area contributed by atoms with Gasteiger partial charge in [-0.05, 0) is 50.2 Å². The van der Waals surface area contributed by atoms with Gasteiger partial charge in [0.1, 0.15) is 11.6 Å². The number of nitrogens with zero attached hydrogens (tertiary/aromatic N) is 4. The Bertz CT molecular complexity index is 955. The molecule has 3 aromatic rings. The average molecular weight is 402 g/mol. The Balaban J connectivity index is 2.00. The molecule has 0 aliphatic rings. The van der Waals surface area contributed by atoms with Crippen molar-refractivity contribution in [3.63, 3.8) is 0 Å². The van der Waals surface area contributed by atoms with Crippen LogP contribution in [0.1, 0.15) is 13.8 Å². The van der Waals surface area contributed by atoms with Crippen molar-refractivity contribution in [3.8, 4) is 17.1 Å². The van der Waals surface area contributed by atoms with E-state index in [9.17, 15) is 13.6 Å². The number of hydrogen-bond donors (Lipinski definition) is 0. The Morgan fingerprint density at radius 1 is 1.04 bits per heavy atom. The van der Waals surface area contributed by atoms with Crippen LogP contribution in [0.3, 0.4) is 0 Å². The highest BCUT2D eigenvalue weighted by Gasteiger charge is 2.20. The minimum Gasteiger partial charge on any atom is -0.343 e. The van der Waals surface area contributed by atoms with Crippen LogP contribution < -0.4 is 0 Å². The van der Waals surface area contributed by atoms with E-state index in [0.29, 0.717) is 29.8 Å². The minimum atomic E-state index is -0.436. The highest BCUT2D eigenvalue weighted by atomic mass is 32.2. The highest BCUT2D eigenvalue weighted by Crippen LogP contribution is 2.29. The SMILES string of the molecule is CCN(CC)C(=O)CSc1nnc(-c2ccccc2F)n1-c1ccc(F)cc1. The van der Waals surface area contributed by atoms with Gasteiger partial charge in [-0.3, -0.25) is 9.36 Å². The molecule has 28 heavy (non-hydrogen) atoms. The van der Waals surface area contributed by atoms with E-state index in [1.807, 2.05) is 13.8 Å². The molecule has 5 nitrogen and oxygen atoms in total. The summed E-state index contributed by atoms with van der Waals surface area (Å²) in [5.41, 5.74) is 0.865. The maximum atomic E-state index is 14.3. The molecule has 0 aliphatic heterocycles. The van der Waals surface area contributed by atoms with E-state index < -0.39 is 5.82 Å². The number of rotatable bonds is 7. The molecule has 0 N–H and O–H groups in total. The van der Waals surface area contributed by atoms with Gasteiger partial charge in [0, 0.05) is 18.8 Å². The summed E-state index contributed by atoms with van der Waals surface area (Å²) >= 11 is 1.22. The van der Waals surface area contributed by atoms with E-state index in [-0.39, 0.29) is 23.0 Å². The molecule has 1 heterocycles. The largest absolute Gasteiger partial charge is 0.343 e. The van der Waals surface area contributed by atoms with Crippen molar-refractivity contribution < 1.29 is 13.6 Å². The quantitative estimate of drug-likeness (QED) is 0.557. The van der Waals surface area contributed by atoms with Gasteiger partial charge in [0.2, 0.25) is 5.91 Å². The summed E-state index contributed by atoms with van der Waals surface area (Å²) in [6.45, 7) is 5.09. The zero-order valence-electron chi connectivity index (χ0n) is 15.6. The molecule has 146 valence electrons. The van der Waals surface area contributed by atoms with Gasteiger partial charge >= 0.3 is 0 Å². The van der Waals surface area contributed by atoms with E-state index in [1.165, 1.54) is 30.0 Å². The predicted molar refractivity (Wildman–Crippen MR) is 105 cm³/mol. The highest BCUT2D eigenvalue weighted by molar-refractivity contribution is 7.99. The van der Waals surface area contributed by atoms with Crippen LogP contribution in [0.4, 0.5) is 8.78 Å². The van der Waals surface area contributed by atoms with Gasteiger partial charge in [0.15, 0.2) is 11.0 Å². The number of benzene rings is 2. The molecular weight excluding hydrogens is 382 g/mol. The van der Waals surface area contributed by atoms with Crippen LogP contribution in [0, 0.1) is 11.6 Å². The van der Waals surface area contributed by atoms with Gasteiger partial charge in [-0.25, -0.2) is 8.78 Å². The van der Waals surface area contributed by atoms with E-state index in [2.05, 4.69) is 10.2 Å². The van der Waals surface area contributed by atoms with Gasteiger partial charge in [-0.15, -0.1) is 10.2 Å². The number of amides is 1. The molecule has 8 heteroatoms. The number of carbonyl (C=O) groups is 1. The second kappa shape index (κ2) is 8.97. The zero-order chi connectivity index (χ0) is 20.1. The first-order valence-electron chi connectivity index (χ1n) is 8.92. The lowest BCUT2D eigenvalue weighted by molar-refractivity contribution is -0.127. The first-order chi connectivity index (χ1) is 13.5. The number of aromatic nitrogens is 3. The smallest absolute Gasteiger partial charge is 0.233 e. The summed E-state index contributed by atoms with van der Waals surface area (Å²) in [7, 11) is 0. The fourth-order valence-corrected chi connectivity index (χ4v) is 3.65. The first-order valence-corrected chi connectivity index (χ1v) is 9.90. The Kier molecular flexibility index (Phi) is 6.41. The Hall–Kier alpha value is -2.74. The van der Waals surface area contributed by atoms with Gasteiger partial charge in [0.25, 0.3) is 0 Å². The molecule has 0 saturated carbocycles. The molecule has 0 spiro atoms. The molecular formula is C20H20F2N4OS. The topological polar surface area (TPSA) is 51.0 Å². The summed E-state index contributed by atoms with van der Waals surface area (Å²) in [6.07, 6.45) is 0. The lowest BCUT2D eigenvalue weighted by Gasteiger charge is -2.18. The molecule has 0 saturated heterocycles. The monoisotopic (exact) mass is 402 g/mol.